The standard InChI is InChI=1S/C19H23NO5/c1-4-24-14-8-10-15(11-9-14)25-13-12-20-19(21)18-16(22-2)6-5-7-17(18)23-3/h5-11H,4,12-13H2,1-3H3,(H,20,21). The molecule has 0 atom stereocenters. The van der Waals surface area contributed by atoms with Gasteiger partial charge in [0.15, 0.2) is 0 Å². The number of carbonyl (C=O) groups excluding carboxylic acids is 1. The molecule has 2 aromatic rings. The summed E-state index contributed by atoms with van der Waals surface area (Å²) in [6.07, 6.45) is 0. The van der Waals surface area contributed by atoms with Crippen molar-refractivity contribution in [1.29, 1.82) is 0 Å². The van der Waals surface area contributed by atoms with Crippen LogP contribution in [0.5, 0.6) is 23.0 Å². The van der Waals surface area contributed by atoms with E-state index in [1.54, 1.807) is 18.2 Å². The number of benzene rings is 2. The summed E-state index contributed by atoms with van der Waals surface area (Å²) in [6, 6.07) is 12.5. The van der Waals surface area contributed by atoms with E-state index >= 15 is 0 Å². The van der Waals surface area contributed by atoms with Crippen LogP contribution < -0.4 is 24.3 Å². The second-order valence-corrected chi connectivity index (χ2v) is 5.05. The van der Waals surface area contributed by atoms with Crippen LogP contribution in [0.4, 0.5) is 0 Å². The van der Waals surface area contributed by atoms with Crippen LogP contribution in [0.2, 0.25) is 0 Å². The van der Waals surface area contributed by atoms with Crippen molar-refractivity contribution in [3.8, 4) is 23.0 Å². The van der Waals surface area contributed by atoms with E-state index in [1.165, 1.54) is 14.2 Å². The van der Waals surface area contributed by atoms with Gasteiger partial charge in [-0.1, -0.05) is 6.07 Å². The van der Waals surface area contributed by atoms with E-state index in [0.29, 0.717) is 42.6 Å². The first-order valence-corrected chi connectivity index (χ1v) is 8.04. The maximum absolute atomic E-state index is 12.4. The van der Waals surface area contributed by atoms with Gasteiger partial charge in [0.05, 0.1) is 27.4 Å². The van der Waals surface area contributed by atoms with Gasteiger partial charge in [0.25, 0.3) is 5.91 Å². The van der Waals surface area contributed by atoms with Gasteiger partial charge in [-0.3, -0.25) is 4.79 Å². The Balaban J connectivity index is 1.86. The van der Waals surface area contributed by atoms with Gasteiger partial charge < -0.3 is 24.3 Å². The van der Waals surface area contributed by atoms with Crippen molar-refractivity contribution >= 4 is 5.91 Å². The van der Waals surface area contributed by atoms with E-state index < -0.39 is 0 Å². The Morgan fingerprint density at radius 1 is 0.920 bits per heavy atom. The third kappa shape index (κ3) is 5.04. The molecule has 0 fully saturated rings. The second-order valence-electron chi connectivity index (χ2n) is 5.05. The molecule has 0 bridgehead atoms. The molecule has 0 unspecified atom stereocenters. The molecular weight excluding hydrogens is 322 g/mol. The van der Waals surface area contributed by atoms with E-state index in [0.717, 1.165) is 5.75 Å². The van der Waals surface area contributed by atoms with E-state index in [4.69, 9.17) is 18.9 Å². The molecule has 1 amide bonds. The Kier molecular flexibility index (Phi) is 6.95. The molecule has 6 nitrogen and oxygen atoms in total. The minimum atomic E-state index is -0.274. The molecule has 0 aliphatic heterocycles. The van der Waals surface area contributed by atoms with Crippen LogP contribution >= 0.6 is 0 Å². The van der Waals surface area contributed by atoms with Crippen LogP contribution in [0.3, 0.4) is 0 Å². The zero-order valence-electron chi connectivity index (χ0n) is 14.7. The van der Waals surface area contributed by atoms with Gasteiger partial charge in [0, 0.05) is 0 Å². The smallest absolute Gasteiger partial charge is 0.258 e. The summed E-state index contributed by atoms with van der Waals surface area (Å²) in [5.41, 5.74) is 0.369. The summed E-state index contributed by atoms with van der Waals surface area (Å²) in [5.74, 6) is 2.16. The minimum absolute atomic E-state index is 0.274. The van der Waals surface area contributed by atoms with Crippen molar-refractivity contribution in [2.75, 3.05) is 34.0 Å². The number of hydrogen-bond acceptors (Lipinski definition) is 5. The van der Waals surface area contributed by atoms with Crippen LogP contribution in [0.1, 0.15) is 17.3 Å². The second kappa shape index (κ2) is 9.42. The number of rotatable bonds is 9. The first-order valence-electron chi connectivity index (χ1n) is 8.04. The fraction of sp³-hybridized carbons (Fsp3) is 0.316. The highest BCUT2D eigenvalue weighted by atomic mass is 16.5. The Bertz CT molecular complexity index is 662. The SMILES string of the molecule is CCOc1ccc(OCCNC(=O)c2c(OC)cccc2OC)cc1. The molecule has 2 rings (SSSR count). The highest BCUT2D eigenvalue weighted by Crippen LogP contribution is 2.27. The topological polar surface area (TPSA) is 66.0 Å². The number of nitrogens with one attached hydrogen (secondary N) is 1. The Morgan fingerprint density at radius 3 is 2.00 bits per heavy atom. The molecule has 0 saturated heterocycles. The van der Waals surface area contributed by atoms with Gasteiger partial charge in [0.2, 0.25) is 0 Å². The molecule has 0 heterocycles. The summed E-state index contributed by atoms with van der Waals surface area (Å²) in [6.45, 7) is 3.26. The lowest BCUT2D eigenvalue weighted by atomic mass is 10.1. The predicted molar refractivity (Wildman–Crippen MR) is 95.0 cm³/mol. The van der Waals surface area contributed by atoms with E-state index in [9.17, 15) is 4.79 Å². The number of hydrogen-bond donors (Lipinski definition) is 1. The van der Waals surface area contributed by atoms with Gasteiger partial charge >= 0.3 is 0 Å². The van der Waals surface area contributed by atoms with Crippen molar-refractivity contribution in [2.45, 2.75) is 6.92 Å². The van der Waals surface area contributed by atoms with Gasteiger partial charge in [0.1, 0.15) is 35.2 Å². The molecule has 0 aliphatic carbocycles. The first kappa shape index (κ1) is 18.4. The summed E-state index contributed by atoms with van der Waals surface area (Å²) in [7, 11) is 3.03. The molecular formula is C19H23NO5. The van der Waals surface area contributed by atoms with E-state index in [-0.39, 0.29) is 5.91 Å². The average Bonchev–Trinajstić information content (AvgIpc) is 2.65. The summed E-state index contributed by atoms with van der Waals surface area (Å²) in [4.78, 5) is 12.4. The molecule has 0 aliphatic rings. The molecule has 0 saturated carbocycles. The highest BCUT2D eigenvalue weighted by molar-refractivity contribution is 5.99. The molecule has 0 spiro atoms. The molecule has 134 valence electrons. The first-order chi connectivity index (χ1) is 12.2. The number of amides is 1. The van der Waals surface area contributed by atoms with Crippen LogP contribution in [0.15, 0.2) is 42.5 Å². The zero-order chi connectivity index (χ0) is 18.1. The third-order valence-corrected chi connectivity index (χ3v) is 3.45. The Labute approximate surface area is 147 Å². The Hall–Kier alpha value is -2.89. The highest BCUT2D eigenvalue weighted by Gasteiger charge is 2.17. The zero-order valence-corrected chi connectivity index (χ0v) is 14.7. The molecule has 25 heavy (non-hydrogen) atoms. The summed E-state index contributed by atoms with van der Waals surface area (Å²) >= 11 is 0. The number of ether oxygens (including phenoxy) is 4. The fourth-order valence-electron chi connectivity index (χ4n) is 2.30. The maximum Gasteiger partial charge on any atom is 0.258 e. The van der Waals surface area contributed by atoms with Crippen LogP contribution in [0, 0.1) is 0 Å². The largest absolute Gasteiger partial charge is 0.496 e. The lowest BCUT2D eigenvalue weighted by molar-refractivity contribution is 0.0940. The third-order valence-electron chi connectivity index (χ3n) is 3.45. The predicted octanol–water partition coefficient (Wildman–Crippen LogP) is 2.91. The van der Waals surface area contributed by atoms with Gasteiger partial charge in [-0.25, -0.2) is 0 Å². The van der Waals surface area contributed by atoms with Crippen molar-refractivity contribution in [3.63, 3.8) is 0 Å². The van der Waals surface area contributed by atoms with Crippen molar-refractivity contribution in [2.24, 2.45) is 0 Å². The average molecular weight is 345 g/mol. The van der Waals surface area contributed by atoms with Gasteiger partial charge in [-0.15, -0.1) is 0 Å². The lowest BCUT2D eigenvalue weighted by Crippen LogP contribution is -2.28. The number of methoxy groups -OCH3 is 2. The normalized spacial score (nSPS) is 10.0. The summed E-state index contributed by atoms with van der Waals surface area (Å²) in [5, 5.41) is 2.80. The fourth-order valence-corrected chi connectivity index (χ4v) is 2.30. The van der Waals surface area contributed by atoms with Gasteiger partial charge in [-0.2, -0.15) is 0 Å². The molecule has 2 aromatic carbocycles. The van der Waals surface area contributed by atoms with Crippen molar-refractivity contribution in [1.82, 2.24) is 5.32 Å². The molecule has 6 heteroatoms. The molecule has 1 N–H and O–H groups in total. The van der Waals surface area contributed by atoms with Crippen molar-refractivity contribution in [3.05, 3.63) is 48.0 Å². The quantitative estimate of drug-likeness (QED) is 0.708. The lowest BCUT2D eigenvalue weighted by Gasteiger charge is -2.13. The minimum Gasteiger partial charge on any atom is -0.496 e. The van der Waals surface area contributed by atoms with E-state index in [2.05, 4.69) is 5.32 Å². The Morgan fingerprint density at radius 2 is 1.48 bits per heavy atom. The van der Waals surface area contributed by atoms with Crippen LogP contribution in [-0.2, 0) is 0 Å². The summed E-state index contributed by atoms with van der Waals surface area (Å²) < 4.78 is 21.4. The molecule has 0 radical (unpaired) electrons. The van der Waals surface area contributed by atoms with Crippen LogP contribution in [-0.4, -0.2) is 39.9 Å². The number of carbonyl (C=O) groups is 1. The molecule has 0 aromatic heterocycles. The monoisotopic (exact) mass is 345 g/mol. The van der Waals surface area contributed by atoms with E-state index in [1.807, 2.05) is 31.2 Å². The maximum atomic E-state index is 12.4. The van der Waals surface area contributed by atoms with Crippen molar-refractivity contribution < 1.29 is 23.7 Å². The van der Waals surface area contributed by atoms with Crippen LogP contribution in [0.25, 0.3) is 0 Å². The van der Waals surface area contributed by atoms with Gasteiger partial charge in [-0.05, 0) is 43.3 Å².